The van der Waals surface area contributed by atoms with E-state index in [2.05, 4.69) is 86.9 Å². The second-order valence-electron chi connectivity index (χ2n) is 19.9. The molecule has 2 atom stereocenters. The van der Waals surface area contributed by atoms with Gasteiger partial charge in [0, 0.05) is 25.7 Å². The lowest BCUT2D eigenvalue weighted by molar-refractivity contribution is -0.147. The molecule has 350 valence electrons. The summed E-state index contributed by atoms with van der Waals surface area (Å²) in [7, 11) is 0. The van der Waals surface area contributed by atoms with Gasteiger partial charge in [-0.3, -0.25) is 9.59 Å². The highest BCUT2D eigenvalue weighted by Crippen LogP contribution is 2.45. The van der Waals surface area contributed by atoms with Gasteiger partial charge in [0.25, 0.3) is 0 Å². The molecule has 0 unspecified atom stereocenters. The van der Waals surface area contributed by atoms with Gasteiger partial charge in [-0.15, -0.1) is 0 Å². The molecule has 69 heavy (non-hydrogen) atoms. The van der Waals surface area contributed by atoms with Gasteiger partial charge in [0.2, 0.25) is 11.8 Å². The number of rotatable bonds is 16. The Hall–Kier alpha value is -6.86. The normalized spacial score (nSPS) is 14.6. The Balaban J connectivity index is 1.18. The Morgan fingerprint density at radius 2 is 0.725 bits per heavy atom. The maximum atomic E-state index is 15.9. The smallest absolute Gasteiger partial charge is 0.236 e. The van der Waals surface area contributed by atoms with Crippen molar-refractivity contribution < 1.29 is 19.8 Å². The van der Waals surface area contributed by atoms with Gasteiger partial charge in [-0.25, -0.2) is 0 Å². The lowest BCUT2D eigenvalue weighted by Gasteiger charge is -2.42. The number of carbonyl (C=O) groups is 2. The number of benzene rings is 8. The van der Waals surface area contributed by atoms with Gasteiger partial charge in [-0.2, -0.15) is 0 Å². The van der Waals surface area contributed by atoms with Crippen LogP contribution in [0.5, 0.6) is 0 Å². The molecule has 4 N–H and O–H groups in total. The molecule has 0 spiro atoms. The largest absolute Gasteiger partial charge is 0.387 e. The zero-order valence-electron chi connectivity index (χ0n) is 40.3. The maximum Gasteiger partial charge on any atom is 0.236 e. The van der Waals surface area contributed by atoms with E-state index >= 15 is 9.59 Å². The van der Waals surface area contributed by atoms with E-state index in [1.807, 2.05) is 133 Å². The van der Waals surface area contributed by atoms with Crippen LogP contribution >= 0.6 is 0 Å². The topological polar surface area (TPSA) is 98.7 Å². The summed E-state index contributed by atoms with van der Waals surface area (Å²) in [6, 6.07) is 58.7. The minimum atomic E-state index is -1.55. The van der Waals surface area contributed by atoms with Crippen molar-refractivity contribution in [3.8, 4) is 0 Å². The first-order chi connectivity index (χ1) is 33.4. The standard InChI is InChI=1S/C63H64N2O4/c1-43-21-5-9-27-49(43)39-62(68,40-50-28-10-6-22-44(50)2)57(55-35-19-31-47-25-13-15-33-53(47)55)64-59(66)61(37-17-18-38-61)60(67)65-58(56-36-20-32-48-26-14-16-34-54(48)56)63(69,41-51-29-11-7-23-45(51)3)42-52-30-12-8-24-46(52)4/h5-16,19-36,57-58,68-69H,17-18,37-42H2,1-4H3,(H,64,66)(H,65,67)/t57-,58-/m0/s1. The fraction of sp³-hybridized carbons (Fsp3) is 0.270. The summed E-state index contributed by atoms with van der Waals surface area (Å²) in [6.07, 6.45) is 2.96. The highest BCUT2D eigenvalue weighted by molar-refractivity contribution is 6.06. The maximum absolute atomic E-state index is 15.9. The van der Waals surface area contributed by atoms with Crippen LogP contribution < -0.4 is 10.6 Å². The first-order valence-electron chi connectivity index (χ1n) is 24.6. The molecule has 8 aromatic carbocycles. The summed E-state index contributed by atoms with van der Waals surface area (Å²) >= 11 is 0. The second kappa shape index (κ2) is 20.0. The van der Waals surface area contributed by atoms with Gasteiger partial charge in [0.1, 0.15) is 5.41 Å². The van der Waals surface area contributed by atoms with E-state index in [1.54, 1.807) is 0 Å². The van der Waals surface area contributed by atoms with Crippen LogP contribution in [0.15, 0.2) is 182 Å². The van der Waals surface area contributed by atoms with Crippen molar-refractivity contribution in [3.63, 3.8) is 0 Å². The summed E-state index contributed by atoms with van der Waals surface area (Å²) in [5, 5.41) is 38.2. The van der Waals surface area contributed by atoms with Crippen LogP contribution in [-0.2, 0) is 35.3 Å². The molecule has 6 heteroatoms. The molecule has 0 saturated heterocycles. The highest BCUT2D eigenvalue weighted by atomic mass is 16.3. The van der Waals surface area contributed by atoms with Crippen LogP contribution in [0.2, 0.25) is 0 Å². The van der Waals surface area contributed by atoms with Gasteiger partial charge < -0.3 is 20.8 Å². The summed E-state index contributed by atoms with van der Waals surface area (Å²) in [6.45, 7) is 8.22. The zero-order valence-corrected chi connectivity index (χ0v) is 40.3. The number of aryl methyl sites for hydroxylation is 4. The number of nitrogens with one attached hydrogen (secondary N) is 2. The molecule has 6 nitrogen and oxygen atoms in total. The fourth-order valence-electron chi connectivity index (χ4n) is 11.2. The fourth-order valence-corrected chi connectivity index (χ4v) is 11.2. The van der Waals surface area contributed by atoms with Crippen LogP contribution in [0.4, 0.5) is 0 Å². The lowest BCUT2D eigenvalue weighted by Crippen LogP contribution is -2.58. The van der Waals surface area contributed by atoms with Crippen molar-refractivity contribution in [1.29, 1.82) is 0 Å². The van der Waals surface area contributed by atoms with E-state index in [0.29, 0.717) is 25.7 Å². The van der Waals surface area contributed by atoms with E-state index < -0.39 is 40.5 Å². The molecule has 0 radical (unpaired) electrons. The number of aliphatic hydroxyl groups is 2. The molecular weight excluding hydrogens is 849 g/mol. The number of hydrogen-bond acceptors (Lipinski definition) is 4. The van der Waals surface area contributed by atoms with Crippen LogP contribution in [0, 0.1) is 33.1 Å². The molecule has 8 aromatic rings. The van der Waals surface area contributed by atoms with Crippen molar-refractivity contribution >= 4 is 33.4 Å². The Bertz CT molecular complexity index is 2820. The third-order valence-electron chi connectivity index (χ3n) is 15.3. The molecule has 1 aliphatic rings. The predicted octanol–water partition coefficient (Wildman–Crippen LogP) is 12.2. The molecule has 9 rings (SSSR count). The lowest BCUT2D eigenvalue weighted by atomic mass is 9.74. The second-order valence-corrected chi connectivity index (χ2v) is 19.9. The van der Waals surface area contributed by atoms with Crippen molar-refractivity contribution in [3.05, 3.63) is 238 Å². The molecule has 0 aliphatic heterocycles. The molecule has 2 amide bonds. The SMILES string of the molecule is Cc1ccccc1CC(O)(Cc1ccccc1C)[C@@H](NC(=O)C1(C(=O)N[C@@H](c2cccc3ccccc23)C(O)(Cc2ccccc2C)Cc2ccccc2C)CCCC1)c1cccc2ccccc12. The van der Waals surface area contributed by atoms with Gasteiger partial charge in [-0.05, 0) is 118 Å². The van der Waals surface area contributed by atoms with Crippen LogP contribution in [0.25, 0.3) is 21.5 Å². The third kappa shape index (κ3) is 9.74. The predicted molar refractivity (Wildman–Crippen MR) is 280 cm³/mol. The number of fused-ring (bicyclic) bond motifs is 2. The first kappa shape index (κ1) is 47.2. The minimum Gasteiger partial charge on any atom is -0.387 e. The summed E-state index contributed by atoms with van der Waals surface area (Å²) in [5.41, 5.74) is 4.99. The van der Waals surface area contributed by atoms with Gasteiger partial charge in [-0.1, -0.05) is 195 Å². The number of carbonyl (C=O) groups excluding carboxylic acids is 2. The Kier molecular flexibility index (Phi) is 13.7. The third-order valence-corrected chi connectivity index (χ3v) is 15.3. The monoisotopic (exact) mass is 912 g/mol. The molecule has 1 fully saturated rings. The van der Waals surface area contributed by atoms with Crippen LogP contribution in [0.3, 0.4) is 0 Å². The van der Waals surface area contributed by atoms with Crippen molar-refractivity contribution in [2.75, 3.05) is 0 Å². The molecule has 1 saturated carbocycles. The van der Waals surface area contributed by atoms with Gasteiger partial charge in [0.15, 0.2) is 0 Å². The molecular formula is C63H64N2O4. The average molecular weight is 913 g/mol. The van der Waals surface area contributed by atoms with Crippen molar-refractivity contribution in [2.24, 2.45) is 5.41 Å². The first-order valence-corrected chi connectivity index (χ1v) is 24.6. The van der Waals surface area contributed by atoms with Crippen LogP contribution in [0.1, 0.15) is 93.4 Å². The van der Waals surface area contributed by atoms with Crippen molar-refractivity contribution in [2.45, 2.75) is 102 Å². The minimum absolute atomic E-state index is 0.245. The molecule has 0 aromatic heterocycles. The van der Waals surface area contributed by atoms with Gasteiger partial charge >= 0.3 is 0 Å². The van der Waals surface area contributed by atoms with Crippen LogP contribution in [-0.4, -0.2) is 33.2 Å². The van der Waals surface area contributed by atoms with E-state index in [1.165, 1.54) is 0 Å². The van der Waals surface area contributed by atoms with E-state index in [9.17, 15) is 10.2 Å². The molecule has 0 heterocycles. The Labute approximate surface area is 407 Å². The number of amides is 2. The van der Waals surface area contributed by atoms with E-state index in [0.717, 1.165) is 77.2 Å². The summed E-state index contributed by atoms with van der Waals surface area (Å²) in [5.74, 6) is -0.858. The highest BCUT2D eigenvalue weighted by Gasteiger charge is 2.53. The molecule has 0 bridgehead atoms. The summed E-state index contributed by atoms with van der Waals surface area (Å²) < 4.78 is 0. The van der Waals surface area contributed by atoms with Crippen molar-refractivity contribution in [1.82, 2.24) is 10.6 Å². The number of hydrogen-bond donors (Lipinski definition) is 4. The van der Waals surface area contributed by atoms with E-state index in [4.69, 9.17) is 0 Å². The van der Waals surface area contributed by atoms with Gasteiger partial charge in [0.05, 0.1) is 23.3 Å². The Morgan fingerprint density at radius 1 is 0.435 bits per heavy atom. The Morgan fingerprint density at radius 3 is 1.06 bits per heavy atom. The summed E-state index contributed by atoms with van der Waals surface area (Å²) in [4.78, 5) is 31.8. The van der Waals surface area contributed by atoms with E-state index in [-0.39, 0.29) is 25.7 Å². The molecule has 1 aliphatic carbocycles. The quantitative estimate of drug-likeness (QED) is 0.0726. The average Bonchev–Trinajstić information content (AvgIpc) is 3.87. The zero-order chi connectivity index (χ0) is 48.2.